The molecule has 0 aliphatic carbocycles. The van der Waals surface area contributed by atoms with Gasteiger partial charge in [-0.25, -0.2) is 4.98 Å². The summed E-state index contributed by atoms with van der Waals surface area (Å²) in [6.45, 7) is 0. The smallest absolute Gasteiger partial charge is 0.257 e. The zero-order chi connectivity index (χ0) is 14.7. The average Bonchev–Trinajstić information content (AvgIpc) is 2.90. The fourth-order valence-electron chi connectivity index (χ4n) is 1.80. The summed E-state index contributed by atoms with van der Waals surface area (Å²) in [5, 5.41) is 3.28. The van der Waals surface area contributed by atoms with Crippen LogP contribution in [0.1, 0.15) is 0 Å². The molecule has 1 amide bonds. The molecule has 0 spiro atoms. The first kappa shape index (κ1) is 13.5. The molecular weight excluding hydrogens is 286 g/mol. The number of para-hydroxylation sites is 2. The van der Waals surface area contributed by atoms with Gasteiger partial charge in [-0.2, -0.15) is 0 Å². The minimum atomic E-state index is -0.118. The lowest BCUT2D eigenvalue weighted by Gasteiger charge is -2.04. The van der Waals surface area contributed by atoms with Crippen LogP contribution in [0.25, 0.3) is 11.1 Å². The maximum Gasteiger partial charge on any atom is 0.257 e. The maximum absolute atomic E-state index is 11.9. The van der Waals surface area contributed by atoms with E-state index in [9.17, 15) is 4.79 Å². The summed E-state index contributed by atoms with van der Waals surface area (Å²) in [5.74, 6) is 0.115. The number of carbonyl (C=O) groups excluding carboxylic acids is 1. The summed E-state index contributed by atoms with van der Waals surface area (Å²) in [5.41, 5.74) is 8.48. The number of oxazole rings is 1. The number of hydrogen-bond donors (Lipinski definition) is 2. The third-order valence-corrected chi connectivity index (χ3v) is 3.62. The molecule has 3 rings (SSSR count). The number of fused-ring (bicyclic) bond motifs is 1. The Balaban J connectivity index is 1.59. The highest BCUT2D eigenvalue weighted by Gasteiger charge is 2.09. The first-order chi connectivity index (χ1) is 10.2. The van der Waals surface area contributed by atoms with Crippen LogP contribution in [0.5, 0.6) is 0 Å². The fraction of sp³-hybridized carbons (Fsp3) is 0.0667. The second kappa shape index (κ2) is 5.88. The van der Waals surface area contributed by atoms with E-state index >= 15 is 0 Å². The van der Waals surface area contributed by atoms with Gasteiger partial charge in [-0.1, -0.05) is 23.9 Å². The van der Waals surface area contributed by atoms with E-state index in [4.69, 9.17) is 10.2 Å². The lowest BCUT2D eigenvalue weighted by atomic mass is 10.3. The monoisotopic (exact) mass is 299 g/mol. The second-order valence-electron chi connectivity index (χ2n) is 4.41. The minimum Gasteiger partial charge on any atom is -0.431 e. The van der Waals surface area contributed by atoms with Crippen molar-refractivity contribution < 1.29 is 9.21 Å². The molecule has 0 saturated carbocycles. The Morgan fingerprint density at radius 3 is 2.71 bits per heavy atom. The summed E-state index contributed by atoms with van der Waals surface area (Å²) >= 11 is 1.26. The quantitative estimate of drug-likeness (QED) is 0.571. The molecule has 0 saturated heterocycles. The topological polar surface area (TPSA) is 81.1 Å². The van der Waals surface area contributed by atoms with Crippen molar-refractivity contribution in [2.24, 2.45) is 0 Å². The molecule has 106 valence electrons. The Morgan fingerprint density at radius 1 is 1.19 bits per heavy atom. The number of hydrogen-bond acceptors (Lipinski definition) is 5. The number of nitrogens with two attached hydrogens (primary N) is 1. The van der Waals surface area contributed by atoms with Gasteiger partial charge in [0.15, 0.2) is 5.58 Å². The Labute approximate surface area is 125 Å². The molecule has 3 N–H and O–H groups in total. The van der Waals surface area contributed by atoms with E-state index in [0.717, 1.165) is 11.1 Å². The lowest BCUT2D eigenvalue weighted by molar-refractivity contribution is -0.113. The standard InChI is InChI=1S/C15H13N3O2S/c16-10-5-7-11(8-6-10)17-14(19)9-21-15-18-12-3-1-2-4-13(12)20-15/h1-8H,9,16H2,(H,17,19). The van der Waals surface area contributed by atoms with E-state index < -0.39 is 0 Å². The summed E-state index contributed by atoms with van der Waals surface area (Å²) in [6.07, 6.45) is 0. The van der Waals surface area contributed by atoms with Crippen molar-refractivity contribution in [3.05, 3.63) is 48.5 Å². The number of nitrogens with one attached hydrogen (secondary N) is 1. The number of thioether (sulfide) groups is 1. The van der Waals surface area contributed by atoms with E-state index in [1.165, 1.54) is 11.8 Å². The Kier molecular flexibility index (Phi) is 3.79. The predicted octanol–water partition coefficient (Wildman–Crippen LogP) is 3.14. The molecule has 0 aliphatic heterocycles. The SMILES string of the molecule is Nc1ccc(NC(=O)CSc2nc3ccccc3o2)cc1. The van der Waals surface area contributed by atoms with Crippen molar-refractivity contribution in [1.82, 2.24) is 4.98 Å². The minimum absolute atomic E-state index is 0.118. The van der Waals surface area contributed by atoms with E-state index in [1.807, 2.05) is 24.3 Å². The van der Waals surface area contributed by atoms with Crippen molar-refractivity contribution in [3.63, 3.8) is 0 Å². The summed E-state index contributed by atoms with van der Waals surface area (Å²) in [4.78, 5) is 16.2. The van der Waals surface area contributed by atoms with E-state index in [0.29, 0.717) is 16.6 Å². The highest BCUT2D eigenvalue weighted by atomic mass is 32.2. The first-order valence-corrected chi connectivity index (χ1v) is 7.33. The van der Waals surface area contributed by atoms with Crippen molar-refractivity contribution in [2.45, 2.75) is 5.22 Å². The van der Waals surface area contributed by atoms with Crippen molar-refractivity contribution in [2.75, 3.05) is 16.8 Å². The molecule has 0 bridgehead atoms. The van der Waals surface area contributed by atoms with Crippen LogP contribution in [0.15, 0.2) is 58.2 Å². The summed E-state index contributed by atoms with van der Waals surface area (Å²) in [7, 11) is 0. The number of aromatic nitrogens is 1. The lowest BCUT2D eigenvalue weighted by Crippen LogP contribution is -2.13. The van der Waals surface area contributed by atoms with Gasteiger partial charge in [0, 0.05) is 11.4 Å². The zero-order valence-electron chi connectivity index (χ0n) is 11.1. The van der Waals surface area contributed by atoms with Crippen LogP contribution < -0.4 is 11.1 Å². The van der Waals surface area contributed by atoms with Crippen LogP contribution in [-0.4, -0.2) is 16.6 Å². The first-order valence-electron chi connectivity index (χ1n) is 6.34. The number of anilines is 2. The molecule has 2 aromatic carbocycles. The van der Waals surface area contributed by atoms with E-state index in [1.54, 1.807) is 24.3 Å². The number of amides is 1. The molecule has 0 atom stereocenters. The molecular formula is C15H13N3O2S. The van der Waals surface area contributed by atoms with Gasteiger partial charge in [0.1, 0.15) is 5.52 Å². The number of carbonyl (C=O) groups is 1. The van der Waals surface area contributed by atoms with Crippen molar-refractivity contribution in [3.8, 4) is 0 Å². The van der Waals surface area contributed by atoms with E-state index in [2.05, 4.69) is 10.3 Å². The molecule has 21 heavy (non-hydrogen) atoms. The number of rotatable bonds is 4. The van der Waals surface area contributed by atoms with Crippen LogP contribution in [-0.2, 0) is 4.79 Å². The largest absolute Gasteiger partial charge is 0.431 e. The van der Waals surface area contributed by atoms with Gasteiger partial charge < -0.3 is 15.5 Å². The Bertz CT molecular complexity index is 735. The summed E-state index contributed by atoms with van der Waals surface area (Å²) in [6, 6.07) is 14.5. The van der Waals surface area contributed by atoms with Crippen LogP contribution in [0.2, 0.25) is 0 Å². The average molecular weight is 299 g/mol. The molecule has 0 aliphatic rings. The maximum atomic E-state index is 11.9. The Morgan fingerprint density at radius 2 is 1.95 bits per heavy atom. The van der Waals surface area contributed by atoms with Crippen LogP contribution in [0, 0.1) is 0 Å². The van der Waals surface area contributed by atoms with Crippen molar-refractivity contribution >= 4 is 40.1 Å². The molecule has 0 unspecified atom stereocenters. The highest BCUT2D eigenvalue weighted by molar-refractivity contribution is 7.99. The zero-order valence-corrected chi connectivity index (χ0v) is 11.9. The third kappa shape index (κ3) is 3.35. The summed E-state index contributed by atoms with van der Waals surface area (Å²) < 4.78 is 5.54. The molecule has 1 heterocycles. The fourth-order valence-corrected chi connectivity index (χ4v) is 2.44. The molecule has 0 radical (unpaired) electrons. The number of nitrogens with zero attached hydrogens (tertiary/aromatic N) is 1. The van der Waals surface area contributed by atoms with Gasteiger partial charge in [0.25, 0.3) is 5.22 Å². The van der Waals surface area contributed by atoms with E-state index in [-0.39, 0.29) is 11.7 Å². The van der Waals surface area contributed by atoms with Gasteiger partial charge >= 0.3 is 0 Å². The van der Waals surface area contributed by atoms with Crippen LogP contribution in [0.4, 0.5) is 11.4 Å². The third-order valence-electron chi connectivity index (χ3n) is 2.80. The molecule has 1 aromatic heterocycles. The molecule has 0 fully saturated rings. The number of nitrogen functional groups attached to an aromatic ring is 1. The highest BCUT2D eigenvalue weighted by Crippen LogP contribution is 2.23. The van der Waals surface area contributed by atoms with Gasteiger partial charge in [-0.3, -0.25) is 4.79 Å². The van der Waals surface area contributed by atoms with Gasteiger partial charge in [0.2, 0.25) is 5.91 Å². The molecule has 3 aromatic rings. The van der Waals surface area contributed by atoms with Crippen LogP contribution in [0.3, 0.4) is 0 Å². The van der Waals surface area contributed by atoms with Gasteiger partial charge in [-0.15, -0.1) is 0 Å². The van der Waals surface area contributed by atoms with Gasteiger partial charge in [0.05, 0.1) is 5.75 Å². The predicted molar refractivity (Wildman–Crippen MR) is 84.2 cm³/mol. The normalized spacial score (nSPS) is 10.7. The second-order valence-corrected chi connectivity index (χ2v) is 5.33. The molecule has 6 heteroatoms. The van der Waals surface area contributed by atoms with Crippen LogP contribution >= 0.6 is 11.8 Å². The van der Waals surface area contributed by atoms with Gasteiger partial charge in [-0.05, 0) is 36.4 Å². The van der Waals surface area contributed by atoms with Crippen molar-refractivity contribution in [1.29, 1.82) is 0 Å². The Hall–Kier alpha value is -2.47. The molecule has 5 nitrogen and oxygen atoms in total. The number of benzene rings is 2.